The molecule has 1 aliphatic carbocycles. The molecule has 4 N–H and O–H groups in total. The fourth-order valence-electron chi connectivity index (χ4n) is 2.79. The largest absolute Gasteiger partial charge is 0.508 e. The van der Waals surface area contributed by atoms with Crippen LogP contribution in [0.5, 0.6) is 23.0 Å². The van der Waals surface area contributed by atoms with Gasteiger partial charge in [0.25, 0.3) is 0 Å². The number of Topliss-reactive ketones (excluding diaryl/α,β-unsaturated/α-hetero) is 1. The van der Waals surface area contributed by atoms with Crippen LogP contribution in [0.25, 0.3) is 6.08 Å². The molecule has 0 radical (unpaired) electrons. The van der Waals surface area contributed by atoms with Crippen LogP contribution in [0.4, 0.5) is 0 Å². The number of fused-ring (bicyclic) bond motifs is 1. The molecule has 0 saturated heterocycles. The molecular weight excluding hydrogens is 388 g/mol. The Bertz CT molecular complexity index is 1190. The highest BCUT2D eigenvalue weighted by molar-refractivity contribution is 6.49. The monoisotopic (exact) mass is 404 g/mol. The highest BCUT2D eigenvalue weighted by atomic mass is 16.3. The van der Waals surface area contributed by atoms with Crippen molar-refractivity contribution in [1.82, 2.24) is 0 Å². The fourth-order valence-corrected chi connectivity index (χ4v) is 2.79. The number of allylic oxidation sites excluding steroid dienone is 1. The third-order valence-corrected chi connectivity index (χ3v) is 4.33. The first-order chi connectivity index (χ1) is 14.3. The minimum atomic E-state index is -0.652. The predicted octanol–water partition coefficient (Wildman–Crippen LogP) is 3.21. The Labute approximate surface area is 170 Å². The predicted molar refractivity (Wildman–Crippen MR) is 108 cm³/mol. The number of benzene rings is 3. The number of ketones is 3. The van der Waals surface area contributed by atoms with Crippen LogP contribution in [0, 0.1) is 0 Å². The summed E-state index contributed by atoms with van der Waals surface area (Å²) >= 11 is 0. The Morgan fingerprint density at radius 1 is 0.700 bits per heavy atom. The summed E-state index contributed by atoms with van der Waals surface area (Å²) in [4.78, 5) is 34.2. The molecule has 150 valence electrons. The summed E-state index contributed by atoms with van der Waals surface area (Å²) < 4.78 is 0. The molecule has 0 aromatic heterocycles. The molecule has 0 heterocycles. The molecule has 7 heteroatoms. The van der Waals surface area contributed by atoms with Crippen LogP contribution < -0.4 is 0 Å². The molecule has 0 amide bonds. The van der Waals surface area contributed by atoms with Crippen molar-refractivity contribution in [3.05, 3.63) is 89.0 Å². The summed E-state index contributed by atoms with van der Waals surface area (Å²) in [5.41, 5.74) is 1.12. The maximum Gasteiger partial charge on any atom is 0.233 e. The molecule has 3 aromatic rings. The molecule has 7 nitrogen and oxygen atoms in total. The number of hydrogen-bond donors (Lipinski definition) is 4. The van der Waals surface area contributed by atoms with E-state index in [1.165, 1.54) is 36.4 Å². The molecule has 3 aromatic carbocycles. The zero-order valence-electron chi connectivity index (χ0n) is 15.4. The van der Waals surface area contributed by atoms with E-state index in [2.05, 4.69) is 0 Å². The summed E-state index contributed by atoms with van der Waals surface area (Å²) in [6.07, 6.45) is 2.98. The Morgan fingerprint density at radius 2 is 1.43 bits per heavy atom. The van der Waals surface area contributed by atoms with Crippen molar-refractivity contribution in [2.45, 2.75) is 0 Å². The van der Waals surface area contributed by atoms with Gasteiger partial charge in [0.2, 0.25) is 17.3 Å². The van der Waals surface area contributed by atoms with Crippen LogP contribution in [0.15, 0.2) is 66.7 Å². The van der Waals surface area contributed by atoms with E-state index < -0.39 is 34.6 Å². The number of carbonyl (C=O) groups excluding carboxylic acids is 3. The first-order valence-corrected chi connectivity index (χ1v) is 8.73. The lowest BCUT2D eigenvalue weighted by molar-refractivity contribution is -0.110. The average molecular weight is 404 g/mol. The van der Waals surface area contributed by atoms with Gasteiger partial charge < -0.3 is 20.4 Å². The quantitative estimate of drug-likeness (QED) is 0.293. The second kappa shape index (κ2) is 8.32. The Morgan fingerprint density at radius 3 is 2.17 bits per heavy atom. The van der Waals surface area contributed by atoms with Crippen LogP contribution in [-0.4, -0.2) is 37.8 Å². The van der Waals surface area contributed by atoms with Crippen molar-refractivity contribution in [2.24, 2.45) is 0 Å². The highest BCUT2D eigenvalue weighted by Gasteiger charge is 2.20. The molecule has 1 aliphatic rings. The second-order valence-corrected chi connectivity index (χ2v) is 6.32. The maximum absolute atomic E-state index is 12.0. The smallest absolute Gasteiger partial charge is 0.233 e. The number of phenols is 4. The summed E-state index contributed by atoms with van der Waals surface area (Å²) in [6.45, 7) is 0. The van der Waals surface area contributed by atoms with E-state index in [-0.39, 0.29) is 16.9 Å². The molecule has 0 fully saturated rings. The molecule has 4 rings (SSSR count). The van der Waals surface area contributed by atoms with Crippen LogP contribution in [0.2, 0.25) is 0 Å². The van der Waals surface area contributed by atoms with Gasteiger partial charge in [0, 0.05) is 11.6 Å². The van der Waals surface area contributed by atoms with E-state index in [0.717, 1.165) is 11.6 Å². The fraction of sp³-hybridized carbons (Fsp3) is 0. The first-order valence-electron chi connectivity index (χ1n) is 8.73. The van der Waals surface area contributed by atoms with Crippen molar-refractivity contribution in [1.29, 1.82) is 0 Å². The Hall–Kier alpha value is -4.39. The lowest BCUT2D eigenvalue weighted by Crippen LogP contribution is -2.15. The Kier molecular flexibility index (Phi) is 5.64. The van der Waals surface area contributed by atoms with Crippen molar-refractivity contribution in [2.75, 3.05) is 0 Å². The molecule has 0 spiro atoms. The normalized spacial score (nSPS) is 12.0. The van der Waals surface area contributed by atoms with E-state index in [1.54, 1.807) is 18.2 Å². The van der Waals surface area contributed by atoms with Crippen molar-refractivity contribution < 1.29 is 34.8 Å². The van der Waals surface area contributed by atoms with Gasteiger partial charge in [-0.3, -0.25) is 14.4 Å². The number of phenolic OH excluding ortho intramolecular Hbond substituents is 4. The minimum absolute atomic E-state index is 0.0753. The number of rotatable bonds is 2. The SMILES string of the molecule is O=C(c1ccc(O)cc1O)c1cccc(O)c1O.O=C1C=Cc2ccccc2C1=O. The molecule has 0 bridgehead atoms. The third kappa shape index (κ3) is 4.05. The lowest BCUT2D eigenvalue weighted by atomic mass is 9.96. The van der Waals surface area contributed by atoms with E-state index >= 15 is 0 Å². The van der Waals surface area contributed by atoms with Crippen molar-refractivity contribution in [3.63, 3.8) is 0 Å². The molecular formula is C23H16O7. The summed E-state index contributed by atoms with van der Waals surface area (Å²) in [5, 5.41) is 37.6. The lowest BCUT2D eigenvalue weighted by Gasteiger charge is -2.07. The Balaban J connectivity index is 0.000000184. The number of aromatic hydroxyl groups is 4. The topological polar surface area (TPSA) is 132 Å². The third-order valence-electron chi connectivity index (χ3n) is 4.33. The first kappa shape index (κ1) is 20.3. The average Bonchev–Trinajstić information content (AvgIpc) is 2.73. The zero-order chi connectivity index (χ0) is 21.8. The molecule has 30 heavy (non-hydrogen) atoms. The van der Waals surface area contributed by atoms with Crippen molar-refractivity contribution >= 4 is 23.4 Å². The van der Waals surface area contributed by atoms with Gasteiger partial charge in [0.15, 0.2) is 11.5 Å². The van der Waals surface area contributed by atoms with Gasteiger partial charge in [-0.2, -0.15) is 0 Å². The number of carbonyl (C=O) groups is 3. The molecule has 0 unspecified atom stereocenters. The van der Waals surface area contributed by atoms with E-state index in [0.29, 0.717) is 5.56 Å². The van der Waals surface area contributed by atoms with E-state index in [9.17, 15) is 29.7 Å². The summed E-state index contributed by atoms with van der Waals surface area (Å²) in [6, 6.07) is 14.5. The maximum atomic E-state index is 12.0. The number of hydrogen-bond acceptors (Lipinski definition) is 7. The van der Waals surface area contributed by atoms with Gasteiger partial charge in [-0.05, 0) is 35.9 Å². The minimum Gasteiger partial charge on any atom is -0.508 e. The highest BCUT2D eigenvalue weighted by Crippen LogP contribution is 2.32. The van der Waals surface area contributed by atoms with Gasteiger partial charge >= 0.3 is 0 Å². The van der Waals surface area contributed by atoms with Crippen LogP contribution >= 0.6 is 0 Å². The van der Waals surface area contributed by atoms with Gasteiger partial charge in [-0.15, -0.1) is 0 Å². The van der Waals surface area contributed by atoms with Gasteiger partial charge in [-0.1, -0.05) is 36.4 Å². The van der Waals surface area contributed by atoms with Gasteiger partial charge in [-0.25, -0.2) is 0 Å². The van der Waals surface area contributed by atoms with E-state index in [4.69, 9.17) is 5.11 Å². The molecule has 0 atom stereocenters. The zero-order valence-corrected chi connectivity index (χ0v) is 15.4. The standard InChI is InChI=1S/C13H10O5.C10H6O2/c14-7-4-5-8(11(16)6-7)12(17)9-2-1-3-10(15)13(9)18;11-9-6-5-7-3-1-2-4-8(7)10(9)12/h1-6,14-16,18H;1-6H. The van der Waals surface area contributed by atoms with Crippen LogP contribution in [-0.2, 0) is 4.79 Å². The van der Waals surface area contributed by atoms with Crippen molar-refractivity contribution in [3.8, 4) is 23.0 Å². The van der Waals surface area contributed by atoms with Gasteiger partial charge in [0.1, 0.15) is 11.5 Å². The number of para-hydroxylation sites is 1. The summed E-state index contributed by atoms with van der Waals surface area (Å²) in [5.74, 6) is -3.04. The second-order valence-electron chi connectivity index (χ2n) is 6.32. The molecule has 0 saturated carbocycles. The van der Waals surface area contributed by atoms with E-state index in [1.807, 2.05) is 12.1 Å². The van der Waals surface area contributed by atoms with Crippen LogP contribution in [0.3, 0.4) is 0 Å². The van der Waals surface area contributed by atoms with Crippen LogP contribution in [0.1, 0.15) is 31.8 Å². The van der Waals surface area contributed by atoms with Gasteiger partial charge in [0.05, 0.1) is 11.1 Å². The molecule has 0 aliphatic heterocycles. The summed E-state index contributed by atoms with van der Waals surface area (Å²) in [7, 11) is 0.